The molecular formula is C13H10O2S. The standard InChI is InChI=1S/C13H10O2S/c1-8-9(6-7-14-8)12-10-4-2-3-5-11(10)15-13(12)16/h2-7,16H,1H3. The first-order valence-corrected chi connectivity index (χ1v) is 5.47. The Morgan fingerprint density at radius 2 is 1.94 bits per heavy atom. The van der Waals surface area contributed by atoms with E-state index in [0.717, 1.165) is 27.9 Å². The normalized spacial score (nSPS) is 11.1. The summed E-state index contributed by atoms with van der Waals surface area (Å²) in [4.78, 5) is 0. The fraction of sp³-hybridized carbons (Fsp3) is 0.0769. The second-order valence-corrected chi connectivity index (χ2v) is 4.08. The Balaban J connectivity index is 2.39. The van der Waals surface area contributed by atoms with Gasteiger partial charge in [0, 0.05) is 16.5 Å². The lowest BCUT2D eigenvalue weighted by molar-refractivity contribution is 0.517. The first-order valence-electron chi connectivity index (χ1n) is 5.02. The molecule has 0 N–H and O–H groups in total. The molecule has 3 aromatic rings. The smallest absolute Gasteiger partial charge is 0.166 e. The zero-order valence-corrected chi connectivity index (χ0v) is 9.62. The van der Waals surface area contributed by atoms with Crippen LogP contribution in [-0.2, 0) is 0 Å². The number of rotatable bonds is 1. The van der Waals surface area contributed by atoms with E-state index in [2.05, 4.69) is 12.6 Å². The molecule has 0 aliphatic heterocycles. The quantitative estimate of drug-likeness (QED) is 0.631. The molecule has 0 unspecified atom stereocenters. The zero-order chi connectivity index (χ0) is 11.1. The molecule has 2 nitrogen and oxygen atoms in total. The number of fused-ring (bicyclic) bond motifs is 1. The van der Waals surface area contributed by atoms with Gasteiger partial charge in [-0.05, 0) is 19.1 Å². The third-order valence-electron chi connectivity index (χ3n) is 2.71. The van der Waals surface area contributed by atoms with E-state index in [0.29, 0.717) is 5.09 Å². The second kappa shape index (κ2) is 3.46. The van der Waals surface area contributed by atoms with Crippen molar-refractivity contribution in [2.45, 2.75) is 12.0 Å². The summed E-state index contributed by atoms with van der Waals surface area (Å²) in [6.45, 7) is 1.93. The van der Waals surface area contributed by atoms with Crippen molar-refractivity contribution in [1.29, 1.82) is 0 Å². The van der Waals surface area contributed by atoms with E-state index in [1.807, 2.05) is 37.3 Å². The summed E-state index contributed by atoms with van der Waals surface area (Å²) in [6, 6.07) is 9.84. The van der Waals surface area contributed by atoms with Gasteiger partial charge in [0.15, 0.2) is 5.09 Å². The van der Waals surface area contributed by atoms with Crippen molar-refractivity contribution in [3.8, 4) is 11.1 Å². The lowest BCUT2D eigenvalue weighted by atomic mass is 10.1. The van der Waals surface area contributed by atoms with Crippen LogP contribution in [0.25, 0.3) is 22.1 Å². The first kappa shape index (κ1) is 9.60. The average Bonchev–Trinajstić information content (AvgIpc) is 2.81. The summed E-state index contributed by atoms with van der Waals surface area (Å²) in [7, 11) is 0. The molecule has 0 amide bonds. The molecule has 0 radical (unpaired) electrons. The fourth-order valence-electron chi connectivity index (χ4n) is 1.94. The maximum absolute atomic E-state index is 5.60. The summed E-state index contributed by atoms with van der Waals surface area (Å²) in [6.07, 6.45) is 1.68. The highest BCUT2D eigenvalue weighted by atomic mass is 32.1. The number of aryl methyl sites for hydroxylation is 1. The molecule has 1 aromatic carbocycles. The molecule has 3 rings (SSSR count). The Bertz CT molecular complexity index is 649. The minimum atomic E-state index is 0.630. The van der Waals surface area contributed by atoms with Gasteiger partial charge in [-0.25, -0.2) is 0 Å². The predicted octanol–water partition coefficient (Wildman–Crippen LogP) is 4.29. The molecule has 0 aliphatic carbocycles. The van der Waals surface area contributed by atoms with Gasteiger partial charge < -0.3 is 8.83 Å². The van der Waals surface area contributed by atoms with Crippen LogP contribution in [0.4, 0.5) is 0 Å². The molecule has 0 aliphatic rings. The largest absolute Gasteiger partial charge is 0.469 e. The van der Waals surface area contributed by atoms with Gasteiger partial charge in [0.25, 0.3) is 0 Å². The van der Waals surface area contributed by atoms with E-state index in [1.54, 1.807) is 6.26 Å². The molecule has 0 bridgehead atoms. The van der Waals surface area contributed by atoms with E-state index >= 15 is 0 Å². The van der Waals surface area contributed by atoms with Crippen LogP contribution in [0, 0.1) is 6.92 Å². The van der Waals surface area contributed by atoms with Crippen LogP contribution in [0.15, 0.2) is 50.5 Å². The van der Waals surface area contributed by atoms with Crippen molar-refractivity contribution in [1.82, 2.24) is 0 Å². The SMILES string of the molecule is Cc1occc1-c1c(S)oc2ccccc12. The third kappa shape index (κ3) is 1.28. The van der Waals surface area contributed by atoms with E-state index in [-0.39, 0.29) is 0 Å². The van der Waals surface area contributed by atoms with E-state index in [1.165, 1.54) is 0 Å². The molecule has 2 heterocycles. The van der Waals surface area contributed by atoms with Crippen LogP contribution < -0.4 is 0 Å². The highest BCUT2D eigenvalue weighted by molar-refractivity contribution is 7.80. The van der Waals surface area contributed by atoms with E-state index in [4.69, 9.17) is 8.83 Å². The molecule has 0 atom stereocenters. The number of para-hydroxylation sites is 1. The summed E-state index contributed by atoms with van der Waals surface area (Å²) < 4.78 is 10.9. The van der Waals surface area contributed by atoms with E-state index in [9.17, 15) is 0 Å². The van der Waals surface area contributed by atoms with Crippen LogP contribution >= 0.6 is 12.6 Å². The number of hydrogen-bond acceptors (Lipinski definition) is 3. The van der Waals surface area contributed by atoms with Gasteiger partial charge in [-0.15, -0.1) is 12.6 Å². The average molecular weight is 230 g/mol. The minimum Gasteiger partial charge on any atom is -0.469 e. The van der Waals surface area contributed by atoms with Crippen molar-refractivity contribution in [2.75, 3.05) is 0 Å². The molecule has 80 valence electrons. The minimum absolute atomic E-state index is 0.630. The highest BCUT2D eigenvalue weighted by Gasteiger charge is 2.16. The van der Waals surface area contributed by atoms with Gasteiger partial charge in [0.2, 0.25) is 0 Å². The summed E-state index contributed by atoms with van der Waals surface area (Å²) in [5, 5.41) is 1.70. The second-order valence-electron chi connectivity index (χ2n) is 3.67. The van der Waals surface area contributed by atoms with E-state index < -0.39 is 0 Å². The highest BCUT2D eigenvalue weighted by Crippen LogP contribution is 2.38. The number of hydrogen-bond donors (Lipinski definition) is 1. The van der Waals surface area contributed by atoms with Crippen molar-refractivity contribution in [3.05, 3.63) is 42.4 Å². The summed E-state index contributed by atoms with van der Waals surface area (Å²) in [5.74, 6) is 0.877. The zero-order valence-electron chi connectivity index (χ0n) is 8.73. The monoisotopic (exact) mass is 230 g/mol. The molecule has 0 spiro atoms. The number of furan rings is 2. The van der Waals surface area contributed by atoms with Gasteiger partial charge in [0.05, 0.1) is 6.26 Å². The van der Waals surface area contributed by atoms with Gasteiger partial charge in [-0.3, -0.25) is 0 Å². The Morgan fingerprint density at radius 1 is 1.12 bits per heavy atom. The van der Waals surface area contributed by atoms with Crippen LogP contribution in [-0.4, -0.2) is 0 Å². The maximum atomic E-state index is 5.60. The number of benzene rings is 1. The number of thiol groups is 1. The van der Waals surface area contributed by atoms with Crippen molar-refractivity contribution >= 4 is 23.6 Å². The lowest BCUT2D eigenvalue weighted by Gasteiger charge is -1.96. The predicted molar refractivity (Wildman–Crippen MR) is 65.9 cm³/mol. The van der Waals surface area contributed by atoms with Crippen LogP contribution in [0.2, 0.25) is 0 Å². The Morgan fingerprint density at radius 3 is 2.69 bits per heavy atom. The molecule has 0 saturated heterocycles. The van der Waals surface area contributed by atoms with Crippen molar-refractivity contribution in [2.24, 2.45) is 0 Å². The molecule has 16 heavy (non-hydrogen) atoms. The summed E-state index contributed by atoms with van der Waals surface area (Å²) in [5.41, 5.74) is 2.89. The summed E-state index contributed by atoms with van der Waals surface area (Å²) >= 11 is 4.38. The molecule has 3 heteroatoms. The first-order chi connectivity index (χ1) is 7.77. The lowest BCUT2D eigenvalue weighted by Crippen LogP contribution is -1.76. The van der Waals surface area contributed by atoms with Gasteiger partial charge >= 0.3 is 0 Å². The maximum Gasteiger partial charge on any atom is 0.166 e. The molecule has 0 saturated carbocycles. The van der Waals surface area contributed by atoms with Gasteiger partial charge in [0.1, 0.15) is 11.3 Å². The van der Waals surface area contributed by atoms with Crippen LogP contribution in [0.3, 0.4) is 0 Å². The Kier molecular flexibility index (Phi) is 2.07. The van der Waals surface area contributed by atoms with Crippen LogP contribution in [0.5, 0.6) is 0 Å². The molecule has 0 fully saturated rings. The van der Waals surface area contributed by atoms with Crippen LogP contribution in [0.1, 0.15) is 5.76 Å². The van der Waals surface area contributed by atoms with Gasteiger partial charge in [-0.2, -0.15) is 0 Å². The van der Waals surface area contributed by atoms with Gasteiger partial charge in [-0.1, -0.05) is 18.2 Å². The Hall–Kier alpha value is -1.61. The third-order valence-corrected chi connectivity index (χ3v) is 3.02. The molecule has 2 aromatic heterocycles. The van der Waals surface area contributed by atoms with Crippen molar-refractivity contribution in [3.63, 3.8) is 0 Å². The fourth-order valence-corrected chi connectivity index (χ4v) is 2.28. The Labute approximate surface area is 98.3 Å². The topological polar surface area (TPSA) is 26.3 Å². The van der Waals surface area contributed by atoms with Crippen molar-refractivity contribution < 1.29 is 8.83 Å². The molecular weight excluding hydrogens is 220 g/mol.